The maximum atomic E-state index is 6.01. The Morgan fingerprint density at radius 2 is 1.85 bits per heavy atom. The Kier molecular flexibility index (Phi) is 3.48. The molecule has 3 aromatic rings. The van der Waals surface area contributed by atoms with Gasteiger partial charge in [-0.25, -0.2) is 4.68 Å². The third-order valence-electron chi connectivity index (χ3n) is 3.13. The molecule has 5 heteroatoms. The van der Waals surface area contributed by atoms with Crippen LogP contribution in [0.3, 0.4) is 0 Å². The van der Waals surface area contributed by atoms with Crippen LogP contribution >= 0.6 is 11.6 Å². The first-order chi connectivity index (χ1) is 9.83. The van der Waals surface area contributed by atoms with Crippen LogP contribution in [0, 0.1) is 0 Å². The van der Waals surface area contributed by atoms with Gasteiger partial charge in [0.15, 0.2) is 0 Å². The number of alkyl halides is 1. The van der Waals surface area contributed by atoms with Crippen LogP contribution < -0.4 is 4.74 Å². The van der Waals surface area contributed by atoms with Crippen molar-refractivity contribution in [1.29, 1.82) is 0 Å². The first-order valence-corrected chi connectivity index (χ1v) is 6.77. The van der Waals surface area contributed by atoms with Gasteiger partial charge >= 0.3 is 0 Å². The summed E-state index contributed by atoms with van der Waals surface area (Å²) in [5.74, 6) is 2.19. The van der Waals surface area contributed by atoms with Crippen molar-refractivity contribution in [1.82, 2.24) is 14.3 Å². The van der Waals surface area contributed by atoms with Gasteiger partial charge in [-0.3, -0.25) is 0 Å². The number of methoxy groups -OCH3 is 1. The van der Waals surface area contributed by atoms with Gasteiger partial charge in [0.25, 0.3) is 0 Å². The van der Waals surface area contributed by atoms with Crippen molar-refractivity contribution >= 4 is 11.6 Å². The lowest BCUT2D eigenvalue weighted by Gasteiger charge is -2.10. The quantitative estimate of drug-likeness (QED) is 0.689. The van der Waals surface area contributed by atoms with Crippen LogP contribution in [0.4, 0.5) is 0 Å². The molecule has 3 rings (SSSR count). The van der Waals surface area contributed by atoms with E-state index < -0.39 is 0 Å². The summed E-state index contributed by atoms with van der Waals surface area (Å²) in [6, 6.07) is 11.7. The van der Waals surface area contributed by atoms with Crippen LogP contribution in [-0.2, 0) is 5.88 Å². The van der Waals surface area contributed by atoms with Crippen molar-refractivity contribution in [3.05, 3.63) is 60.6 Å². The van der Waals surface area contributed by atoms with Gasteiger partial charge in [0.05, 0.1) is 24.9 Å². The Bertz CT molecular complexity index is 686. The Balaban J connectivity index is 2.11. The molecule has 2 aromatic heterocycles. The van der Waals surface area contributed by atoms with Gasteiger partial charge in [-0.1, -0.05) is 0 Å². The minimum atomic E-state index is 0.420. The molecule has 0 N–H and O–H groups in total. The van der Waals surface area contributed by atoms with Gasteiger partial charge in [0, 0.05) is 18.0 Å². The van der Waals surface area contributed by atoms with Gasteiger partial charge in [0.2, 0.25) is 0 Å². The van der Waals surface area contributed by atoms with Gasteiger partial charge < -0.3 is 9.30 Å². The zero-order chi connectivity index (χ0) is 13.9. The van der Waals surface area contributed by atoms with E-state index >= 15 is 0 Å². The van der Waals surface area contributed by atoms with Crippen LogP contribution in [0.15, 0.2) is 55.0 Å². The topological polar surface area (TPSA) is 32.0 Å². The second kappa shape index (κ2) is 5.43. The van der Waals surface area contributed by atoms with Crippen LogP contribution in [0.1, 0.15) is 5.56 Å². The minimum Gasteiger partial charge on any atom is -0.497 e. The number of benzene rings is 1. The van der Waals surface area contributed by atoms with Crippen molar-refractivity contribution in [2.24, 2.45) is 0 Å². The lowest BCUT2D eigenvalue weighted by atomic mass is 10.3. The summed E-state index contributed by atoms with van der Waals surface area (Å²) in [7, 11) is 1.65. The summed E-state index contributed by atoms with van der Waals surface area (Å²) in [6.45, 7) is 0. The molecule has 0 aliphatic rings. The molecule has 0 radical (unpaired) electrons. The molecule has 0 fully saturated rings. The first kappa shape index (κ1) is 12.8. The Hall–Kier alpha value is -2.20. The van der Waals surface area contributed by atoms with E-state index in [4.69, 9.17) is 16.3 Å². The Morgan fingerprint density at radius 1 is 1.15 bits per heavy atom. The third kappa shape index (κ3) is 2.18. The molecule has 20 heavy (non-hydrogen) atoms. The van der Waals surface area contributed by atoms with Crippen molar-refractivity contribution in [2.75, 3.05) is 7.11 Å². The highest BCUT2D eigenvalue weighted by Crippen LogP contribution is 2.22. The minimum absolute atomic E-state index is 0.420. The van der Waals surface area contributed by atoms with Crippen molar-refractivity contribution in [2.45, 2.75) is 5.88 Å². The molecule has 0 aliphatic heterocycles. The third-order valence-corrected chi connectivity index (χ3v) is 3.41. The zero-order valence-corrected chi connectivity index (χ0v) is 11.8. The number of nitrogens with zero attached hydrogens (tertiary/aromatic N) is 3. The summed E-state index contributed by atoms with van der Waals surface area (Å²) < 4.78 is 9.06. The van der Waals surface area contributed by atoms with Gasteiger partial charge in [-0.15, -0.1) is 11.6 Å². The van der Waals surface area contributed by atoms with E-state index in [1.165, 1.54) is 0 Å². The number of hydrogen-bond donors (Lipinski definition) is 0. The second-order valence-corrected chi connectivity index (χ2v) is 4.59. The Morgan fingerprint density at radius 3 is 2.45 bits per heavy atom. The fourth-order valence-electron chi connectivity index (χ4n) is 2.13. The predicted octanol–water partition coefficient (Wildman–Crippen LogP) is 3.41. The predicted molar refractivity (Wildman–Crippen MR) is 79.0 cm³/mol. The van der Waals surface area contributed by atoms with E-state index in [0.717, 1.165) is 22.8 Å². The number of rotatable bonds is 4. The van der Waals surface area contributed by atoms with Gasteiger partial charge in [-0.05, 0) is 36.4 Å². The lowest BCUT2D eigenvalue weighted by Crippen LogP contribution is -2.05. The standard InChI is InChI=1S/C15H14ClN3O/c1-20-14-6-4-13(5-7-14)19-15(12(10-16)11-17-19)18-8-2-3-9-18/h2-9,11H,10H2,1H3. The summed E-state index contributed by atoms with van der Waals surface area (Å²) >= 11 is 6.01. The molecular weight excluding hydrogens is 274 g/mol. The highest BCUT2D eigenvalue weighted by molar-refractivity contribution is 6.17. The zero-order valence-electron chi connectivity index (χ0n) is 11.0. The number of aromatic nitrogens is 3. The molecule has 0 atom stereocenters. The molecule has 1 aromatic carbocycles. The molecule has 0 unspecified atom stereocenters. The monoisotopic (exact) mass is 287 g/mol. The van der Waals surface area contributed by atoms with E-state index in [0.29, 0.717) is 5.88 Å². The smallest absolute Gasteiger partial charge is 0.144 e. The molecule has 4 nitrogen and oxygen atoms in total. The average Bonchev–Trinajstić information content (AvgIpc) is 3.15. The SMILES string of the molecule is COc1ccc(-n2ncc(CCl)c2-n2cccc2)cc1. The average molecular weight is 288 g/mol. The highest BCUT2D eigenvalue weighted by atomic mass is 35.5. The van der Waals surface area contributed by atoms with Crippen molar-refractivity contribution in [3.8, 4) is 17.3 Å². The molecule has 2 heterocycles. The summed E-state index contributed by atoms with van der Waals surface area (Å²) in [6.07, 6.45) is 5.76. The lowest BCUT2D eigenvalue weighted by molar-refractivity contribution is 0.414. The Labute approximate surface area is 122 Å². The highest BCUT2D eigenvalue weighted by Gasteiger charge is 2.13. The van der Waals surface area contributed by atoms with Crippen molar-refractivity contribution < 1.29 is 4.74 Å². The number of halogens is 1. The van der Waals surface area contributed by atoms with E-state index in [2.05, 4.69) is 5.10 Å². The van der Waals surface area contributed by atoms with Gasteiger partial charge in [-0.2, -0.15) is 5.10 Å². The molecule has 0 spiro atoms. The molecule has 0 saturated heterocycles. The normalized spacial score (nSPS) is 10.7. The fraction of sp³-hybridized carbons (Fsp3) is 0.133. The van der Waals surface area contributed by atoms with E-state index in [9.17, 15) is 0 Å². The first-order valence-electron chi connectivity index (χ1n) is 6.24. The number of ether oxygens (including phenoxy) is 1. The van der Waals surface area contributed by atoms with E-state index in [1.54, 1.807) is 13.3 Å². The summed E-state index contributed by atoms with van der Waals surface area (Å²) in [5.41, 5.74) is 1.95. The fourth-order valence-corrected chi connectivity index (χ4v) is 2.32. The van der Waals surface area contributed by atoms with E-state index in [1.807, 2.05) is 58.0 Å². The molecular formula is C15H14ClN3O. The molecule has 0 amide bonds. The molecule has 0 saturated carbocycles. The maximum Gasteiger partial charge on any atom is 0.144 e. The molecule has 0 aliphatic carbocycles. The molecule has 0 bridgehead atoms. The van der Waals surface area contributed by atoms with Gasteiger partial charge in [0.1, 0.15) is 11.6 Å². The summed E-state index contributed by atoms with van der Waals surface area (Å²) in [4.78, 5) is 0. The van der Waals surface area contributed by atoms with E-state index in [-0.39, 0.29) is 0 Å². The van der Waals surface area contributed by atoms with Crippen LogP contribution in [0.25, 0.3) is 11.5 Å². The van der Waals surface area contributed by atoms with Crippen molar-refractivity contribution in [3.63, 3.8) is 0 Å². The second-order valence-electron chi connectivity index (χ2n) is 4.33. The largest absolute Gasteiger partial charge is 0.497 e. The van der Waals surface area contributed by atoms with Crippen LogP contribution in [-0.4, -0.2) is 21.5 Å². The maximum absolute atomic E-state index is 6.01. The van der Waals surface area contributed by atoms with Crippen LogP contribution in [0.2, 0.25) is 0 Å². The summed E-state index contributed by atoms with van der Waals surface area (Å²) in [5, 5.41) is 4.44. The molecule has 102 valence electrons. The number of hydrogen-bond acceptors (Lipinski definition) is 2. The van der Waals surface area contributed by atoms with Crippen LogP contribution in [0.5, 0.6) is 5.75 Å².